The van der Waals surface area contributed by atoms with Crippen LogP contribution < -0.4 is 10.5 Å². The van der Waals surface area contributed by atoms with Crippen LogP contribution in [0.1, 0.15) is 22.4 Å². The smallest absolute Gasteiger partial charge is 0.248 e. The summed E-state index contributed by atoms with van der Waals surface area (Å²) in [7, 11) is -3.91. The first-order chi connectivity index (χ1) is 14.5. The summed E-state index contributed by atoms with van der Waals surface area (Å²) < 4.78 is 37.9. The average molecular weight is 463 g/mol. The first-order valence-electron chi connectivity index (χ1n) is 9.11. The molecule has 0 atom stereocenters. The van der Waals surface area contributed by atoms with Gasteiger partial charge >= 0.3 is 0 Å². The van der Waals surface area contributed by atoms with Gasteiger partial charge in [0.15, 0.2) is 0 Å². The number of carbonyl (C=O) groups excluding carboxylic acids is 1. The summed E-state index contributed by atoms with van der Waals surface area (Å²) in [6, 6.07) is 8.43. The molecule has 0 saturated carbocycles. The van der Waals surface area contributed by atoms with Gasteiger partial charge in [-0.15, -0.1) is 0 Å². The lowest BCUT2D eigenvalue weighted by molar-refractivity contribution is -0.111. The zero-order valence-corrected chi connectivity index (χ0v) is 18.6. The molecule has 10 heteroatoms. The number of aromatic nitrogens is 2. The maximum absolute atomic E-state index is 13.2. The molecule has 0 aliphatic rings. The number of anilines is 1. The largest absolute Gasteiger partial charge is 0.322 e. The second-order valence-corrected chi connectivity index (χ2v) is 8.88. The third kappa shape index (κ3) is 5.01. The molecule has 1 aromatic heterocycles. The Morgan fingerprint density at radius 3 is 2.45 bits per heavy atom. The molecule has 0 unspecified atom stereocenters. The zero-order chi connectivity index (χ0) is 22.9. The van der Waals surface area contributed by atoms with Crippen molar-refractivity contribution in [1.29, 1.82) is 0 Å². The topological polar surface area (TPSA) is 107 Å². The maximum atomic E-state index is 13.2. The molecule has 3 rings (SSSR count). The first kappa shape index (κ1) is 22.7. The predicted octanol–water partition coefficient (Wildman–Crippen LogP) is 3.89. The highest BCUT2D eigenvalue weighted by Gasteiger charge is 2.15. The molecule has 2 aromatic carbocycles. The zero-order valence-electron chi connectivity index (χ0n) is 17.0. The Kier molecular flexibility index (Phi) is 6.30. The maximum Gasteiger partial charge on any atom is 0.248 e. The van der Waals surface area contributed by atoms with E-state index in [0.29, 0.717) is 33.8 Å². The van der Waals surface area contributed by atoms with Crippen molar-refractivity contribution in [3.05, 3.63) is 75.8 Å². The number of primary sulfonamides is 1. The van der Waals surface area contributed by atoms with Gasteiger partial charge in [-0.3, -0.25) is 4.79 Å². The van der Waals surface area contributed by atoms with Crippen molar-refractivity contribution in [2.24, 2.45) is 5.14 Å². The molecular formula is C21H20ClFN4O3S. The van der Waals surface area contributed by atoms with Crippen LogP contribution in [0, 0.1) is 26.6 Å². The van der Waals surface area contributed by atoms with Gasteiger partial charge in [-0.1, -0.05) is 11.6 Å². The van der Waals surface area contributed by atoms with Crippen LogP contribution in [0.15, 0.2) is 47.4 Å². The third-order valence-corrected chi connectivity index (χ3v) is 6.00. The van der Waals surface area contributed by atoms with Crippen molar-refractivity contribution < 1.29 is 17.6 Å². The van der Waals surface area contributed by atoms with Gasteiger partial charge in [-0.25, -0.2) is 22.6 Å². The standard InChI is InChI=1S/C21H20ClFN4O3S/c1-12-10-17(31(24,29)30)11-19(13(12)2)25-20(28)9-8-18-14(3)26-27(21(18)22)16-6-4-15(23)5-7-16/h4-11H,1-3H3,(H,25,28)(H2,24,29,30)/b9-8+. The number of aryl methyl sites for hydroxylation is 2. The number of amides is 1. The Morgan fingerprint density at radius 2 is 1.84 bits per heavy atom. The fraction of sp³-hybridized carbons (Fsp3) is 0.143. The number of hydrogen-bond donors (Lipinski definition) is 2. The van der Waals surface area contributed by atoms with E-state index in [2.05, 4.69) is 10.4 Å². The quantitative estimate of drug-likeness (QED) is 0.561. The van der Waals surface area contributed by atoms with E-state index in [1.807, 2.05) is 0 Å². The van der Waals surface area contributed by atoms with E-state index >= 15 is 0 Å². The molecule has 0 aliphatic carbocycles. The number of nitrogens with zero attached hydrogens (tertiary/aromatic N) is 2. The minimum absolute atomic E-state index is 0.0886. The molecule has 0 saturated heterocycles. The molecule has 0 fully saturated rings. The molecule has 0 aliphatic heterocycles. The molecule has 0 bridgehead atoms. The lowest BCUT2D eigenvalue weighted by Crippen LogP contribution is -2.15. The SMILES string of the molecule is Cc1cc(S(N)(=O)=O)cc(NC(=O)/C=C/c2c(C)nn(-c3ccc(F)cc3)c2Cl)c1C. The van der Waals surface area contributed by atoms with Crippen molar-refractivity contribution in [2.45, 2.75) is 25.7 Å². The van der Waals surface area contributed by atoms with Crippen LogP contribution in [0.2, 0.25) is 5.15 Å². The minimum atomic E-state index is -3.91. The number of carbonyl (C=O) groups is 1. The highest BCUT2D eigenvalue weighted by molar-refractivity contribution is 7.89. The fourth-order valence-corrected chi connectivity index (χ4v) is 3.87. The van der Waals surface area contributed by atoms with E-state index in [1.54, 1.807) is 20.8 Å². The van der Waals surface area contributed by atoms with E-state index in [4.69, 9.17) is 16.7 Å². The minimum Gasteiger partial charge on any atom is -0.322 e. The Balaban J connectivity index is 1.86. The molecule has 0 radical (unpaired) electrons. The number of nitrogens with two attached hydrogens (primary N) is 1. The molecule has 1 amide bonds. The summed E-state index contributed by atoms with van der Waals surface area (Å²) in [5.74, 6) is -0.864. The van der Waals surface area contributed by atoms with Gasteiger partial charge in [0, 0.05) is 17.3 Å². The van der Waals surface area contributed by atoms with E-state index < -0.39 is 15.9 Å². The van der Waals surface area contributed by atoms with Gasteiger partial charge < -0.3 is 5.32 Å². The molecule has 3 N–H and O–H groups in total. The summed E-state index contributed by atoms with van der Waals surface area (Å²) in [5, 5.41) is 12.5. The van der Waals surface area contributed by atoms with E-state index in [-0.39, 0.29) is 15.9 Å². The van der Waals surface area contributed by atoms with Crippen LogP contribution in [-0.2, 0) is 14.8 Å². The second kappa shape index (κ2) is 8.62. The Hall–Kier alpha value is -3.01. The third-order valence-electron chi connectivity index (χ3n) is 4.75. The van der Waals surface area contributed by atoms with Gasteiger partial charge in [0.2, 0.25) is 15.9 Å². The van der Waals surface area contributed by atoms with E-state index in [0.717, 1.165) is 0 Å². The van der Waals surface area contributed by atoms with Crippen molar-refractivity contribution in [1.82, 2.24) is 9.78 Å². The number of halogens is 2. The van der Waals surface area contributed by atoms with Gasteiger partial charge in [-0.05, 0) is 74.4 Å². The number of rotatable bonds is 5. The molecule has 162 valence electrons. The molecule has 31 heavy (non-hydrogen) atoms. The predicted molar refractivity (Wildman–Crippen MR) is 118 cm³/mol. The summed E-state index contributed by atoms with van der Waals surface area (Å²) in [4.78, 5) is 12.4. The van der Waals surface area contributed by atoms with Gasteiger partial charge in [0.1, 0.15) is 11.0 Å². The molecule has 0 spiro atoms. The highest BCUT2D eigenvalue weighted by atomic mass is 35.5. The summed E-state index contributed by atoms with van der Waals surface area (Å²) in [5.41, 5.74) is 3.39. The second-order valence-electron chi connectivity index (χ2n) is 6.96. The Labute approximate surface area is 184 Å². The molecular weight excluding hydrogens is 443 g/mol. The van der Waals surface area contributed by atoms with Crippen LogP contribution in [0.3, 0.4) is 0 Å². The normalized spacial score (nSPS) is 11.8. The van der Waals surface area contributed by atoms with Crippen LogP contribution in [0.4, 0.5) is 10.1 Å². The summed E-state index contributed by atoms with van der Waals surface area (Å²) >= 11 is 6.41. The van der Waals surface area contributed by atoms with Gasteiger partial charge in [0.25, 0.3) is 0 Å². The Bertz CT molecular complexity index is 1300. The molecule has 1 heterocycles. The van der Waals surface area contributed by atoms with Crippen LogP contribution >= 0.6 is 11.6 Å². The van der Waals surface area contributed by atoms with Crippen molar-refractivity contribution in [2.75, 3.05) is 5.32 Å². The number of hydrogen-bond acceptors (Lipinski definition) is 4. The Morgan fingerprint density at radius 1 is 1.19 bits per heavy atom. The number of nitrogens with one attached hydrogen (secondary N) is 1. The van der Waals surface area contributed by atoms with Crippen molar-refractivity contribution in [3.8, 4) is 5.69 Å². The van der Waals surface area contributed by atoms with E-state index in [9.17, 15) is 17.6 Å². The average Bonchev–Trinajstić information content (AvgIpc) is 2.97. The van der Waals surface area contributed by atoms with Gasteiger partial charge in [-0.2, -0.15) is 5.10 Å². The fourth-order valence-electron chi connectivity index (χ4n) is 2.91. The van der Waals surface area contributed by atoms with Crippen LogP contribution in [-0.4, -0.2) is 24.1 Å². The number of sulfonamides is 1. The molecule has 3 aromatic rings. The van der Waals surface area contributed by atoms with Crippen molar-refractivity contribution >= 4 is 39.3 Å². The van der Waals surface area contributed by atoms with Crippen molar-refractivity contribution in [3.63, 3.8) is 0 Å². The molecule has 7 nitrogen and oxygen atoms in total. The van der Waals surface area contributed by atoms with Crippen LogP contribution in [0.5, 0.6) is 0 Å². The van der Waals surface area contributed by atoms with Crippen LogP contribution in [0.25, 0.3) is 11.8 Å². The highest BCUT2D eigenvalue weighted by Crippen LogP contribution is 2.26. The van der Waals surface area contributed by atoms with E-state index in [1.165, 1.54) is 53.2 Å². The lowest BCUT2D eigenvalue weighted by atomic mass is 10.1. The summed E-state index contributed by atoms with van der Waals surface area (Å²) in [6.07, 6.45) is 2.77. The monoisotopic (exact) mass is 462 g/mol. The lowest BCUT2D eigenvalue weighted by Gasteiger charge is -2.11. The van der Waals surface area contributed by atoms with Gasteiger partial charge in [0.05, 0.1) is 16.3 Å². The first-order valence-corrected chi connectivity index (χ1v) is 11.0. The number of benzene rings is 2. The summed E-state index contributed by atoms with van der Waals surface area (Å²) in [6.45, 7) is 5.21.